The lowest BCUT2D eigenvalue weighted by Gasteiger charge is -2.17. The Morgan fingerprint density at radius 1 is 1.19 bits per heavy atom. The van der Waals surface area contributed by atoms with Crippen molar-refractivity contribution in [2.75, 3.05) is 5.32 Å². The first kappa shape index (κ1) is 17.9. The van der Waals surface area contributed by atoms with Crippen LogP contribution in [0.4, 0.5) is 5.69 Å². The van der Waals surface area contributed by atoms with Crippen molar-refractivity contribution in [3.8, 4) is 0 Å². The van der Waals surface area contributed by atoms with Crippen molar-refractivity contribution in [2.24, 2.45) is 0 Å². The maximum absolute atomic E-state index is 12.8. The van der Waals surface area contributed by atoms with Crippen LogP contribution in [0.2, 0.25) is 0 Å². The molecule has 6 heteroatoms. The van der Waals surface area contributed by atoms with E-state index in [-0.39, 0.29) is 11.1 Å². The summed E-state index contributed by atoms with van der Waals surface area (Å²) in [4.78, 5) is 24.5. The molecule has 2 aromatic heterocycles. The van der Waals surface area contributed by atoms with Gasteiger partial charge in [0.05, 0.1) is 23.1 Å². The van der Waals surface area contributed by atoms with E-state index in [1.54, 1.807) is 46.8 Å². The molecule has 136 valence electrons. The lowest BCUT2D eigenvalue weighted by molar-refractivity contribution is 0.0783. The molecule has 3 aromatic rings. The van der Waals surface area contributed by atoms with Crippen molar-refractivity contribution in [2.45, 2.75) is 40.2 Å². The first-order valence-electron chi connectivity index (χ1n) is 8.26. The third-order valence-corrected chi connectivity index (χ3v) is 4.40. The van der Waals surface area contributed by atoms with Crippen molar-refractivity contribution in [1.29, 1.82) is 0 Å². The number of aliphatic hydroxyl groups is 1. The third-order valence-electron chi connectivity index (χ3n) is 4.40. The van der Waals surface area contributed by atoms with Gasteiger partial charge in [-0.15, -0.1) is 0 Å². The molecule has 0 aliphatic carbocycles. The Morgan fingerprint density at radius 2 is 1.88 bits per heavy atom. The first-order chi connectivity index (χ1) is 12.1. The molecule has 0 spiro atoms. The van der Waals surface area contributed by atoms with E-state index in [0.29, 0.717) is 28.2 Å². The maximum Gasteiger partial charge on any atom is 0.339 e. The summed E-state index contributed by atoms with van der Waals surface area (Å²) >= 11 is 0. The molecule has 0 atom stereocenters. The number of hydrogen-bond acceptors (Lipinski definition) is 5. The Labute approximate surface area is 150 Å². The van der Waals surface area contributed by atoms with E-state index in [1.165, 1.54) is 6.26 Å². The molecule has 0 aliphatic rings. The van der Waals surface area contributed by atoms with Crippen molar-refractivity contribution in [1.82, 2.24) is 0 Å². The molecule has 1 amide bonds. The van der Waals surface area contributed by atoms with E-state index < -0.39 is 17.1 Å². The number of furan rings is 1. The van der Waals surface area contributed by atoms with Gasteiger partial charge in [-0.2, -0.15) is 0 Å². The summed E-state index contributed by atoms with van der Waals surface area (Å²) in [7, 11) is 0. The van der Waals surface area contributed by atoms with Crippen molar-refractivity contribution >= 4 is 22.6 Å². The molecule has 1 aromatic carbocycles. The summed E-state index contributed by atoms with van der Waals surface area (Å²) in [5, 5.41) is 14.0. The number of hydrogen-bond donors (Lipinski definition) is 2. The predicted octanol–water partition coefficient (Wildman–Crippen LogP) is 3.79. The number of amides is 1. The largest absolute Gasteiger partial charge is 0.459 e. The normalized spacial score (nSPS) is 11.8. The lowest BCUT2D eigenvalue weighted by Crippen LogP contribution is -2.19. The molecular weight excluding hydrogens is 334 g/mol. The number of rotatable bonds is 3. The summed E-state index contributed by atoms with van der Waals surface area (Å²) in [5.74, 6) is 0.168. The summed E-state index contributed by atoms with van der Waals surface area (Å²) in [5.41, 5.74) is 1.11. The Morgan fingerprint density at radius 3 is 2.54 bits per heavy atom. The van der Waals surface area contributed by atoms with E-state index in [2.05, 4.69) is 5.32 Å². The van der Waals surface area contributed by atoms with Crippen LogP contribution < -0.4 is 10.9 Å². The topological polar surface area (TPSA) is 92.7 Å². The number of carbonyl (C=O) groups is 1. The van der Waals surface area contributed by atoms with E-state index in [4.69, 9.17) is 8.83 Å². The second kappa shape index (κ2) is 6.14. The van der Waals surface area contributed by atoms with Gasteiger partial charge in [-0.3, -0.25) is 4.79 Å². The second-order valence-corrected chi connectivity index (χ2v) is 6.93. The molecule has 0 aliphatic heterocycles. The van der Waals surface area contributed by atoms with E-state index in [9.17, 15) is 14.7 Å². The maximum atomic E-state index is 12.8. The van der Waals surface area contributed by atoms with Gasteiger partial charge >= 0.3 is 5.63 Å². The van der Waals surface area contributed by atoms with Crippen LogP contribution in [0.25, 0.3) is 11.0 Å². The standard InChI is InChI=1S/C20H21NO5/c1-10-9-25-19(23)11(2)15(10)18(22)21-14-8-6-7-13-16(20(4,5)24)12(3)26-17(13)14/h6-9,24H,1-5H3,(H,21,22). The highest BCUT2D eigenvalue weighted by Gasteiger charge is 2.26. The monoisotopic (exact) mass is 355 g/mol. The fraction of sp³-hybridized carbons (Fsp3) is 0.300. The van der Waals surface area contributed by atoms with Gasteiger partial charge in [0.2, 0.25) is 0 Å². The molecular formula is C20H21NO5. The third kappa shape index (κ3) is 2.93. The zero-order chi connectivity index (χ0) is 19.2. The van der Waals surface area contributed by atoms with Gasteiger partial charge in [0.1, 0.15) is 5.76 Å². The van der Waals surface area contributed by atoms with Gasteiger partial charge in [-0.25, -0.2) is 4.79 Å². The van der Waals surface area contributed by atoms with Gasteiger partial charge in [0.15, 0.2) is 5.58 Å². The molecule has 0 bridgehead atoms. The van der Waals surface area contributed by atoms with E-state index in [0.717, 1.165) is 5.39 Å². The molecule has 0 fully saturated rings. The number of anilines is 1. The minimum Gasteiger partial charge on any atom is -0.459 e. The van der Waals surface area contributed by atoms with Crippen LogP contribution >= 0.6 is 0 Å². The first-order valence-corrected chi connectivity index (χ1v) is 8.26. The molecule has 2 heterocycles. The molecule has 0 radical (unpaired) electrons. The Balaban J connectivity index is 2.10. The van der Waals surface area contributed by atoms with Crippen LogP contribution in [0.3, 0.4) is 0 Å². The predicted molar refractivity (Wildman–Crippen MR) is 98.6 cm³/mol. The number of fused-ring (bicyclic) bond motifs is 1. The van der Waals surface area contributed by atoms with Crippen molar-refractivity contribution < 1.29 is 18.7 Å². The summed E-state index contributed by atoms with van der Waals surface area (Å²) in [6.07, 6.45) is 1.27. The lowest BCUT2D eigenvalue weighted by atomic mass is 9.95. The highest BCUT2D eigenvalue weighted by Crippen LogP contribution is 2.37. The molecule has 0 saturated carbocycles. The van der Waals surface area contributed by atoms with Crippen LogP contribution in [-0.2, 0) is 5.60 Å². The molecule has 0 saturated heterocycles. The summed E-state index contributed by atoms with van der Waals surface area (Å²) in [6, 6.07) is 5.33. The number of carbonyl (C=O) groups excluding carboxylic acids is 1. The average molecular weight is 355 g/mol. The highest BCUT2D eigenvalue weighted by molar-refractivity contribution is 6.09. The van der Waals surface area contributed by atoms with Crippen molar-refractivity contribution in [3.63, 3.8) is 0 Å². The minimum atomic E-state index is -1.08. The Hall–Kier alpha value is -2.86. The smallest absolute Gasteiger partial charge is 0.339 e. The van der Waals surface area contributed by atoms with Crippen LogP contribution in [-0.4, -0.2) is 11.0 Å². The average Bonchev–Trinajstić information content (AvgIpc) is 2.88. The number of benzene rings is 1. The van der Waals surface area contributed by atoms with E-state index >= 15 is 0 Å². The van der Waals surface area contributed by atoms with Gasteiger partial charge < -0.3 is 19.3 Å². The molecule has 6 nitrogen and oxygen atoms in total. The quantitative estimate of drug-likeness (QED) is 0.746. The summed E-state index contributed by atoms with van der Waals surface area (Å²) < 4.78 is 10.7. The summed E-state index contributed by atoms with van der Waals surface area (Å²) in [6.45, 7) is 8.40. The van der Waals surface area contributed by atoms with Gasteiger partial charge in [-0.1, -0.05) is 12.1 Å². The van der Waals surface area contributed by atoms with Crippen LogP contribution in [0, 0.1) is 20.8 Å². The fourth-order valence-electron chi connectivity index (χ4n) is 3.32. The van der Waals surface area contributed by atoms with Gasteiger partial charge in [0, 0.05) is 16.5 Å². The fourth-order valence-corrected chi connectivity index (χ4v) is 3.32. The van der Waals surface area contributed by atoms with Gasteiger partial charge in [0.25, 0.3) is 5.91 Å². The molecule has 26 heavy (non-hydrogen) atoms. The number of para-hydroxylation sites is 1. The Bertz CT molecular complexity index is 1070. The van der Waals surface area contributed by atoms with Crippen LogP contribution in [0.5, 0.6) is 0 Å². The zero-order valence-corrected chi connectivity index (χ0v) is 15.4. The number of aryl methyl sites for hydroxylation is 2. The minimum absolute atomic E-state index is 0.252. The molecule has 3 rings (SSSR count). The zero-order valence-electron chi connectivity index (χ0n) is 15.4. The molecule has 0 unspecified atom stereocenters. The highest BCUT2D eigenvalue weighted by atomic mass is 16.4. The second-order valence-electron chi connectivity index (χ2n) is 6.93. The van der Waals surface area contributed by atoms with Crippen LogP contribution in [0.15, 0.2) is 38.1 Å². The van der Waals surface area contributed by atoms with Gasteiger partial charge in [-0.05, 0) is 46.2 Å². The molecule has 2 N–H and O–H groups in total. The van der Waals surface area contributed by atoms with Crippen LogP contribution in [0.1, 0.15) is 46.7 Å². The van der Waals surface area contributed by atoms with Crippen molar-refractivity contribution in [3.05, 3.63) is 62.9 Å². The Kier molecular flexibility index (Phi) is 4.24. The van der Waals surface area contributed by atoms with E-state index in [1.807, 2.05) is 6.07 Å². The SMILES string of the molecule is Cc1coc(=O)c(C)c1C(=O)Nc1cccc2c(C(C)(C)O)c(C)oc12. The number of nitrogens with one attached hydrogen (secondary N) is 1.